The maximum absolute atomic E-state index is 5.81. The van der Waals surface area contributed by atoms with Gasteiger partial charge in [-0.1, -0.05) is 0 Å². The van der Waals surface area contributed by atoms with Gasteiger partial charge in [0.05, 0.1) is 17.6 Å². The molecule has 6 heteroatoms. The number of aryl methyl sites for hydroxylation is 1. The normalized spacial score (nSPS) is 10.3. The van der Waals surface area contributed by atoms with Gasteiger partial charge >= 0.3 is 0 Å². The highest BCUT2D eigenvalue weighted by molar-refractivity contribution is 5.79. The molecule has 0 amide bonds. The lowest BCUT2D eigenvalue weighted by atomic mass is 10.2. The zero-order chi connectivity index (χ0) is 11.7. The average Bonchev–Trinajstić information content (AvgIpc) is 2.55. The number of hydrogen-bond donors (Lipinski definition) is 4. The van der Waals surface area contributed by atoms with Crippen LogP contribution in [-0.2, 0) is 7.05 Å². The minimum absolute atomic E-state index is 0.543. The molecule has 0 unspecified atom stereocenters. The van der Waals surface area contributed by atoms with Gasteiger partial charge in [0.15, 0.2) is 0 Å². The molecule has 6 nitrogen and oxygen atoms in total. The maximum atomic E-state index is 5.81. The van der Waals surface area contributed by atoms with Crippen LogP contribution >= 0.6 is 0 Å². The zero-order valence-corrected chi connectivity index (χ0v) is 8.94. The highest BCUT2D eigenvalue weighted by atomic mass is 15.3. The highest BCUT2D eigenvalue weighted by Crippen LogP contribution is 2.27. The number of aromatic nitrogens is 2. The first-order valence-electron chi connectivity index (χ1n) is 4.77. The number of nitrogen functional groups attached to an aromatic ring is 3. The molecule has 0 spiro atoms. The van der Waals surface area contributed by atoms with E-state index in [0.717, 1.165) is 5.69 Å². The Labute approximate surface area is 93.0 Å². The van der Waals surface area contributed by atoms with Crippen LogP contribution in [0.25, 0.3) is 0 Å². The summed E-state index contributed by atoms with van der Waals surface area (Å²) in [5, 5.41) is 7.11. The van der Waals surface area contributed by atoms with Crippen molar-refractivity contribution in [2.45, 2.75) is 0 Å². The molecule has 2 aromatic rings. The molecule has 0 saturated heterocycles. The minimum Gasteiger partial charge on any atom is -0.399 e. The topological polar surface area (TPSA) is 108 Å². The summed E-state index contributed by atoms with van der Waals surface area (Å²) in [5.41, 5.74) is 20.0. The largest absolute Gasteiger partial charge is 0.399 e. The van der Waals surface area contributed by atoms with Crippen molar-refractivity contribution in [3.8, 4) is 0 Å². The van der Waals surface area contributed by atoms with E-state index in [1.165, 1.54) is 0 Å². The summed E-state index contributed by atoms with van der Waals surface area (Å²) in [7, 11) is 1.77. The monoisotopic (exact) mass is 218 g/mol. The lowest BCUT2D eigenvalue weighted by molar-refractivity contribution is 0.779. The second kappa shape index (κ2) is 3.65. The van der Waals surface area contributed by atoms with E-state index in [9.17, 15) is 0 Å². The number of anilines is 5. The smallest absolute Gasteiger partial charge is 0.145 e. The van der Waals surface area contributed by atoms with Gasteiger partial charge in [0.25, 0.3) is 0 Å². The van der Waals surface area contributed by atoms with E-state index >= 15 is 0 Å². The predicted molar refractivity (Wildman–Crippen MR) is 66.2 cm³/mol. The van der Waals surface area contributed by atoms with Gasteiger partial charge in [0, 0.05) is 12.7 Å². The van der Waals surface area contributed by atoms with Crippen LogP contribution < -0.4 is 22.5 Å². The number of hydrogen-bond acceptors (Lipinski definition) is 5. The first-order valence-corrected chi connectivity index (χ1v) is 4.77. The fraction of sp³-hybridized carbons (Fsp3) is 0.100. The lowest BCUT2D eigenvalue weighted by Gasteiger charge is -2.09. The van der Waals surface area contributed by atoms with Crippen LogP contribution in [0.2, 0.25) is 0 Å². The molecular weight excluding hydrogens is 204 g/mol. The Hall–Kier alpha value is -2.37. The van der Waals surface area contributed by atoms with Crippen LogP contribution in [0.5, 0.6) is 0 Å². The lowest BCUT2D eigenvalue weighted by Crippen LogP contribution is -2.01. The summed E-state index contributed by atoms with van der Waals surface area (Å²) in [4.78, 5) is 0. The Bertz CT molecular complexity index is 516. The second-order valence-corrected chi connectivity index (χ2v) is 3.54. The SMILES string of the molecule is Cn1ncc(Nc2cc(N)ccc2N)c1N. The van der Waals surface area contributed by atoms with Crippen LogP contribution in [0.15, 0.2) is 24.4 Å². The van der Waals surface area contributed by atoms with Crippen molar-refractivity contribution in [1.29, 1.82) is 0 Å². The van der Waals surface area contributed by atoms with Gasteiger partial charge in [-0.15, -0.1) is 0 Å². The van der Waals surface area contributed by atoms with E-state index in [1.54, 1.807) is 36.1 Å². The molecule has 0 saturated carbocycles. The first-order chi connectivity index (χ1) is 7.58. The second-order valence-electron chi connectivity index (χ2n) is 3.54. The molecule has 0 bridgehead atoms. The third-order valence-electron chi connectivity index (χ3n) is 2.33. The Morgan fingerprint density at radius 3 is 2.56 bits per heavy atom. The molecule has 0 radical (unpaired) electrons. The van der Waals surface area contributed by atoms with Crippen LogP contribution in [0.4, 0.5) is 28.6 Å². The van der Waals surface area contributed by atoms with E-state index in [1.807, 2.05) is 0 Å². The molecule has 0 atom stereocenters. The molecule has 2 rings (SSSR count). The Morgan fingerprint density at radius 1 is 1.19 bits per heavy atom. The number of nitrogens with two attached hydrogens (primary N) is 3. The van der Waals surface area contributed by atoms with E-state index in [4.69, 9.17) is 17.2 Å². The van der Waals surface area contributed by atoms with E-state index in [0.29, 0.717) is 22.9 Å². The molecular formula is C10H14N6. The van der Waals surface area contributed by atoms with Crippen molar-refractivity contribution in [2.75, 3.05) is 22.5 Å². The molecule has 84 valence electrons. The number of nitrogens with one attached hydrogen (secondary N) is 1. The minimum atomic E-state index is 0.543. The summed E-state index contributed by atoms with van der Waals surface area (Å²) in [5.74, 6) is 0.543. The Morgan fingerprint density at radius 2 is 1.94 bits per heavy atom. The van der Waals surface area contributed by atoms with E-state index < -0.39 is 0 Å². The van der Waals surface area contributed by atoms with Gasteiger partial charge in [-0.05, 0) is 18.2 Å². The fourth-order valence-electron chi connectivity index (χ4n) is 1.37. The standard InChI is InChI=1S/C10H14N6/c1-16-10(13)9(5-14-16)15-8-4-6(11)2-3-7(8)12/h2-5,15H,11-13H2,1H3. The number of benzene rings is 1. The molecule has 7 N–H and O–H groups in total. The van der Waals surface area contributed by atoms with Crippen molar-refractivity contribution in [3.63, 3.8) is 0 Å². The van der Waals surface area contributed by atoms with Crippen LogP contribution in [-0.4, -0.2) is 9.78 Å². The van der Waals surface area contributed by atoms with Gasteiger partial charge in [-0.25, -0.2) is 0 Å². The van der Waals surface area contributed by atoms with Crippen LogP contribution in [0.3, 0.4) is 0 Å². The van der Waals surface area contributed by atoms with Gasteiger partial charge in [-0.3, -0.25) is 4.68 Å². The number of nitrogens with zero attached hydrogens (tertiary/aromatic N) is 2. The Balaban J connectivity index is 2.33. The van der Waals surface area contributed by atoms with Gasteiger partial charge in [-0.2, -0.15) is 5.10 Å². The molecule has 1 aromatic carbocycles. The van der Waals surface area contributed by atoms with Crippen LogP contribution in [0, 0.1) is 0 Å². The summed E-state index contributed by atoms with van der Waals surface area (Å²) < 4.78 is 1.57. The third kappa shape index (κ3) is 1.72. The maximum Gasteiger partial charge on any atom is 0.145 e. The van der Waals surface area contributed by atoms with Gasteiger partial charge in [0.1, 0.15) is 11.5 Å². The predicted octanol–water partition coefficient (Wildman–Crippen LogP) is 0.910. The van der Waals surface area contributed by atoms with E-state index in [2.05, 4.69) is 10.4 Å². The molecule has 16 heavy (non-hydrogen) atoms. The third-order valence-corrected chi connectivity index (χ3v) is 2.33. The summed E-state index contributed by atoms with van der Waals surface area (Å²) >= 11 is 0. The summed E-state index contributed by atoms with van der Waals surface area (Å²) in [6.45, 7) is 0. The molecule has 0 fully saturated rings. The number of rotatable bonds is 2. The molecule has 1 heterocycles. The zero-order valence-electron chi connectivity index (χ0n) is 8.94. The molecule has 1 aromatic heterocycles. The molecule has 0 aliphatic carbocycles. The van der Waals surface area contributed by atoms with Crippen molar-refractivity contribution in [1.82, 2.24) is 9.78 Å². The van der Waals surface area contributed by atoms with Crippen molar-refractivity contribution < 1.29 is 0 Å². The molecule has 0 aliphatic heterocycles. The van der Waals surface area contributed by atoms with Gasteiger partial charge in [0.2, 0.25) is 0 Å². The van der Waals surface area contributed by atoms with Crippen molar-refractivity contribution in [3.05, 3.63) is 24.4 Å². The summed E-state index contributed by atoms with van der Waals surface area (Å²) in [6, 6.07) is 5.24. The van der Waals surface area contributed by atoms with Crippen molar-refractivity contribution in [2.24, 2.45) is 7.05 Å². The van der Waals surface area contributed by atoms with Gasteiger partial charge < -0.3 is 22.5 Å². The Kier molecular flexibility index (Phi) is 2.32. The average molecular weight is 218 g/mol. The fourth-order valence-corrected chi connectivity index (χ4v) is 1.37. The van der Waals surface area contributed by atoms with Crippen LogP contribution in [0.1, 0.15) is 0 Å². The first kappa shape index (κ1) is 10.2. The summed E-state index contributed by atoms with van der Waals surface area (Å²) in [6.07, 6.45) is 1.64. The highest BCUT2D eigenvalue weighted by Gasteiger charge is 2.06. The van der Waals surface area contributed by atoms with E-state index in [-0.39, 0.29) is 0 Å². The molecule has 0 aliphatic rings. The van der Waals surface area contributed by atoms with Crippen molar-refractivity contribution >= 4 is 28.6 Å². The quantitative estimate of drug-likeness (QED) is 0.560.